The Labute approximate surface area is 151 Å². The zero-order valence-electron chi connectivity index (χ0n) is 14.5. The lowest BCUT2D eigenvalue weighted by Gasteiger charge is -2.06. The van der Waals surface area contributed by atoms with Crippen molar-refractivity contribution in [2.75, 3.05) is 11.9 Å². The van der Waals surface area contributed by atoms with Gasteiger partial charge in [-0.1, -0.05) is 30.3 Å². The topological polar surface area (TPSA) is 76.0 Å². The Hall–Kier alpha value is -3.41. The minimum Gasteiger partial charge on any atom is -0.347 e. The van der Waals surface area contributed by atoms with Gasteiger partial charge in [0, 0.05) is 24.8 Å². The Morgan fingerprint density at radius 3 is 2.58 bits per heavy atom. The number of carbonyl (C=O) groups excluding carboxylic acids is 2. The van der Waals surface area contributed by atoms with E-state index in [-0.39, 0.29) is 0 Å². The molecule has 2 amide bonds. The summed E-state index contributed by atoms with van der Waals surface area (Å²) in [5.41, 5.74) is 3.43. The van der Waals surface area contributed by atoms with Crippen molar-refractivity contribution in [1.82, 2.24) is 15.1 Å². The lowest BCUT2D eigenvalue weighted by Crippen LogP contribution is -2.36. The molecule has 6 heteroatoms. The van der Waals surface area contributed by atoms with E-state index in [1.807, 2.05) is 61.7 Å². The Kier molecular flexibility index (Phi) is 5.43. The Morgan fingerprint density at radius 1 is 1.00 bits per heavy atom. The molecular formula is C20H20N4O2. The summed E-state index contributed by atoms with van der Waals surface area (Å²) in [7, 11) is 0. The van der Waals surface area contributed by atoms with Crippen LogP contribution >= 0.6 is 0 Å². The monoisotopic (exact) mass is 348 g/mol. The zero-order valence-corrected chi connectivity index (χ0v) is 14.5. The van der Waals surface area contributed by atoms with Gasteiger partial charge < -0.3 is 10.6 Å². The van der Waals surface area contributed by atoms with Crippen LogP contribution < -0.4 is 10.6 Å². The van der Waals surface area contributed by atoms with Crippen molar-refractivity contribution < 1.29 is 9.59 Å². The van der Waals surface area contributed by atoms with Crippen LogP contribution in [-0.2, 0) is 16.0 Å². The molecule has 1 aromatic heterocycles. The van der Waals surface area contributed by atoms with E-state index in [1.54, 1.807) is 16.8 Å². The highest BCUT2D eigenvalue weighted by atomic mass is 16.2. The number of nitrogens with one attached hydrogen (secondary N) is 2. The quantitative estimate of drug-likeness (QED) is 0.696. The van der Waals surface area contributed by atoms with Crippen molar-refractivity contribution >= 4 is 17.5 Å². The van der Waals surface area contributed by atoms with Crippen LogP contribution in [0.1, 0.15) is 11.3 Å². The van der Waals surface area contributed by atoms with Gasteiger partial charge in [-0.2, -0.15) is 5.10 Å². The van der Waals surface area contributed by atoms with E-state index in [9.17, 15) is 9.59 Å². The van der Waals surface area contributed by atoms with Gasteiger partial charge in [-0.15, -0.1) is 0 Å². The molecule has 3 aromatic rings. The molecule has 1 heterocycles. The molecule has 26 heavy (non-hydrogen) atoms. The first-order chi connectivity index (χ1) is 12.6. The zero-order chi connectivity index (χ0) is 18.4. The van der Waals surface area contributed by atoms with E-state index < -0.39 is 11.8 Å². The highest BCUT2D eigenvalue weighted by Gasteiger charge is 2.13. The Balaban J connectivity index is 1.48. The summed E-state index contributed by atoms with van der Waals surface area (Å²) < 4.78 is 1.78. The van der Waals surface area contributed by atoms with Crippen LogP contribution in [0.2, 0.25) is 0 Å². The van der Waals surface area contributed by atoms with Crippen LogP contribution in [-0.4, -0.2) is 28.1 Å². The molecule has 0 aliphatic heterocycles. The van der Waals surface area contributed by atoms with Crippen molar-refractivity contribution in [1.29, 1.82) is 0 Å². The Bertz CT molecular complexity index is 903. The van der Waals surface area contributed by atoms with Crippen molar-refractivity contribution in [3.8, 4) is 5.69 Å². The van der Waals surface area contributed by atoms with Crippen molar-refractivity contribution in [2.45, 2.75) is 13.3 Å². The minimum atomic E-state index is -0.676. The second kappa shape index (κ2) is 8.11. The first-order valence-electron chi connectivity index (χ1n) is 8.37. The number of hydrogen-bond acceptors (Lipinski definition) is 3. The lowest BCUT2D eigenvalue weighted by molar-refractivity contribution is -0.136. The predicted octanol–water partition coefficient (Wildman–Crippen LogP) is 2.48. The van der Waals surface area contributed by atoms with Gasteiger partial charge in [0.05, 0.1) is 11.4 Å². The third-order valence-corrected chi connectivity index (χ3v) is 3.81. The van der Waals surface area contributed by atoms with Gasteiger partial charge in [0.15, 0.2) is 0 Å². The van der Waals surface area contributed by atoms with Crippen molar-refractivity contribution in [2.24, 2.45) is 0 Å². The molecule has 0 aliphatic carbocycles. The van der Waals surface area contributed by atoms with Gasteiger partial charge in [0.1, 0.15) is 0 Å². The number of rotatable bonds is 5. The van der Waals surface area contributed by atoms with E-state index in [2.05, 4.69) is 15.7 Å². The summed E-state index contributed by atoms with van der Waals surface area (Å²) in [6, 6.07) is 19.0. The summed E-state index contributed by atoms with van der Waals surface area (Å²) in [5, 5.41) is 9.67. The van der Waals surface area contributed by atoms with Crippen LogP contribution in [0, 0.1) is 6.92 Å². The van der Waals surface area contributed by atoms with Gasteiger partial charge in [-0.25, -0.2) is 4.68 Å². The van der Waals surface area contributed by atoms with Gasteiger partial charge >= 0.3 is 11.8 Å². The van der Waals surface area contributed by atoms with Crippen LogP contribution in [0.4, 0.5) is 5.69 Å². The third-order valence-electron chi connectivity index (χ3n) is 3.81. The van der Waals surface area contributed by atoms with E-state index in [4.69, 9.17) is 0 Å². The van der Waals surface area contributed by atoms with E-state index in [0.29, 0.717) is 18.7 Å². The van der Waals surface area contributed by atoms with Crippen LogP contribution in [0.3, 0.4) is 0 Å². The largest absolute Gasteiger partial charge is 0.347 e. The fourth-order valence-electron chi connectivity index (χ4n) is 2.51. The minimum absolute atomic E-state index is 0.339. The average molecular weight is 348 g/mol. The molecule has 0 saturated carbocycles. The number of anilines is 1. The van der Waals surface area contributed by atoms with Crippen LogP contribution in [0.25, 0.3) is 5.69 Å². The molecule has 2 N–H and O–H groups in total. The molecule has 0 atom stereocenters. The standard InChI is InChI=1S/C20H20N4O2/c1-15-6-5-7-17(14-15)22-20(26)19(25)21-12-10-16-11-13-24(23-16)18-8-3-2-4-9-18/h2-9,11,13-14H,10,12H2,1H3,(H,21,25)(H,22,26). The lowest BCUT2D eigenvalue weighted by atomic mass is 10.2. The maximum Gasteiger partial charge on any atom is 0.313 e. The SMILES string of the molecule is Cc1cccc(NC(=O)C(=O)NCCc2ccn(-c3ccccc3)n2)c1. The fourth-order valence-corrected chi connectivity index (χ4v) is 2.51. The summed E-state index contributed by atoms with van der Waals surface area (Å²) in [5.74, 6) is -1.33. The van der Waals surface area contributed by atoms with Crippen molar-refractivity contribution in [3.63, 3.8) is 0 Å². The van der Waals surface area contributed by atoms with Gasteiger partial charge in [-0.05, 0) is 42.8 Å². The van der Waals surface area contributed by atoms with Gasteiger partial charge in [-0.3, -0.25) is 9.59 Å². The normalized spacial score (nSPS) is 10.3. The number of hydrogen-bond donors (Lipinski definition) is 2. The molecule has 0 aliphatic rings. The average Bonchev–Trinajstić information content (AvgIpc) is 3.11. The van der Waals surface area contributed by atoms with E-state index >= 15 is 0 Å². The molecule has 3 rings (SSSR count). The first kappa shape index (κ1) is 17.4. The van der Waals surface area contributed by atoms with Gasteiger partial charge in [0.25, 0.3) is 0 Å². The fraction of sp³-hybridized carbons (Fsp3) is 0.150. The second-order valence-corrected chi connectivity index (χ2v) is 5.92. The molecule has 2 aromatic carbocycles. The highest BCUT2D eigenvalue weighted by Crippen LogP contribution is 2.09. The number of carbonyl (C=O) groups is 2. The maximum atomic E-state index is 11.9. The number of aryl methyl sites for hydroxylation is 1. The maximum absolute atomic E-state index is 11.9. The number of aromatic nitrogens is 2. The highest BCUT2D eigenvalue weighted by molar-refractivity contribution is 6.39. The summed E-state index contributed by atoms with van der Waals surface area (Å²) in [4.78, 5) is 23.8. The molecule has 0 spiro atoms. The van der Waals surface area contributed by atoms with E-state index in [0.717, 1.165) is 16.9 Å². The molecule has 0 radical (unpaired) electrons. The predicted molar refractivity (Wildman–Crippen MR) is 100 cm³/mol. The van der Waals surface area contributed by atoms with Crippen LogP contribution in [0.15, 0.2) is 66.9 Å². The number of nitrogens with zero attached hydrogens (tertiary/aromatic N) is 2. The number of benzene rings is 2. The summed E-state index contributed by atoms with van der Waals surface area (Å²) >= 11 is 0. The molecular weight excluding hydrogens is 328 g/mol. The second-order valence-electron chi connectivity index (χ2n) is 5.92. The van der Waals surface area contributed by atoms with Crippen molar-refractivity contribution in [3.05, 3.63) is 78.1 Å². The third kappa shape index (κ3) is 4.57. The molecule has 0 unspecified atom stereocenters. The molecule has 6 nitrogen and oxygen atoms in total. The summed E-state index contributed by atoms with van der Waals surface area (Å²) in [6.07, 6.45) is 2.42. The molecule has 0 bridgehead atoms. The van der Waals surface area contributed by atoms with E-state index in [1.165, 1.54) is 0 Å². The molecule has 132 valence electrons. The van der Waals surface area contributed by atoms with Crippen LogP contribution in [0.5, 0.6) is 0 Å². The number of para-hydroxylation sites is 1. The number of amides is 2. The summed E-state index contributed by atoms with van der Waals surface area (Å²) in [6.45, 7) is 2.26. The smallest absolute Gasteiger partial charge is 0.313 e. The molecule has 0 fully saturated rings. The Morgan fingerprint density at radius 2 is 1.81 bits per heavy atom. The van der Waals surface area contributed by atoms with Gasteiger partial charge in [0.2, 0.25) is 0 Å². The molecule has 0 saturated heterocycles. The first-order valence-corrected chi connectivity index (χ1v) is 8.37.